The van der Waals surface area contributed by atoms with Crippen LogP contribution in [-0.2, 0) is 6.54 Å². The Hall–Kier alpha value is -0.850. The van der Waals surface area contributed by atoms with Crippen molar-refractivity contribution in [2.75, 3.05) is 0 Å². The van der Waals surface area contributed by atoms with Crippen molar-refractivity contribution in [3.05, 3.63) is 34.3 Å². The first-order valence-electron chi connectivity index (χ1n) is 4.44. The molecule has 0 aliphatic heterocycles. The predicted octanol–water partition coefficient (Wildman–Crippen LogP) is 2.84. The quantitative estimate of drug-likeness (QED) is 0.899. The summed E-state index contributed by atoms with van der Waals surface area (Å²) in [5.74, 6) is 0. The van der Waals surface area contributed by atoms with Gasteiger partial charge in [0.1, 0.15) is 5.54 Å². The van der Waals surface area contributed by atoms with E-state index >= 15 is 0 Å². The van der Waals surface area contributed by atoms with Crippen molar-refractivity contribution < 1.29 is 0 Å². The van der Waals surface area contributed by atoms with E-state index in [1.807, 2.05) is 38.1 Å². The highest BCUT2D eigenvalue weighted by Gasteiger charge is 2.14. The zero-order valence-electron chi connectivity index (χ0n) is 8.34. The Bertz CT molecular complexity index is 335. The minimum absolute atomic E-state index is 0.465. The summed E-state index contributed by atoms with van der Waals surface area (Å²) >= 11 is 3.38. The Morgan fingerprint density at radius 3 is 2.43 bits per heavy atom. The molecule has 0 aromatic heterocycles. The fourth-order valence-electron chi connectivity index (χ4n) is 0.965. The first-order chi connectivity index (χ1) is 6.53. The van der Waals surface area contributed by atoms with Gasteiger partial charge < -0.3 is 0 Å². The average Bonchev–Trinajstić information content (AvgIpc) is 2.17. The Kier molecular flexibility index (Phi) is 3.68. The number of nitrogens with one attached hydrogen (secondary N) is 1. The van der Waals surface area contributed by atoms with Crippen LogP contribution < -0.4 is 5.32 Å². The maximum atomic E-state index is 8.80. The van der Waals surface area contributed by atoms with E-state index in [-0.39, 0.29) is 0 Å². The molecule has 0 aliphatic carbocycles. The van der Waals surface area contributed by atoms with E-state index < -0.39 is 5.54 Å². The van der Waals surface area contributed by atoms with Gasteiger partial charge in [0.25, 0.3) is 0 Å². The third-order valence-corrected chi connectivity index (χ3v) is 2.46. The van der Waals surface area contributed by atoms with Crippen LogP contribution in [0.1, 0.15) is 19.4 Å². The van der Waals surface area contributed by atoms with Gasteiger partial charge in [0, 0.05) is 11.0 Å². The number of hydrogen-bond donors (Lipinski definition) is 1. The van der Waals surface area contributed by atoms with Crippen molar-refractivity contribution in [2.45, 2.75) is 25.9 Å². The van der Waals surface area contributed by atoms with Crippen LogP contribution in [0.5, 0.6) is 0 Å². The van der Waals surface area contributed by atoms with Gasteiger partial charge in [-0.2, -0.15) is 5.26 Å². The molecule has 74 valence electrons. The molecule has 14 heavy (non-hydrogen) atoms. The van der Waals surface area contributed by atoms with E-state index in [0.29, 0.717) is 6.54 Å². The van der Waals surface area contributed by atoms with Crippen LogP contribution in [0, 0.1) is 11.3 Å². The lowest BCUT2D eigenvalue weighted by Crippen LogP contribution is -2.36. The number of halogens is 1. The van der Waals surface area contributed by atoms with Gasteiger partial charge in [0.15, 0.2) is 0 Å². The first kappa shape index (κ1) is 11.2. The summed E-state index contributed by atoms with van der Waals surface area (Å²) in [6, 6.07) is 10.3. The van der Waals surface area contributed by atoms with E-state index in [1.165, 1.54) is 5.56 Å². The minimum Gasteiger partial charge on any atom is -0.296 e. The van der Waals surface area contributed by atoms with Crippen LogP contribution in [0.15, 0.2) is 28.7 Å². The summed E-state index contributed by atoms with van der Waals surface area (Å²) in [7, 11) is 0. The van der Waals surface area contributed by atoms with E-state index in [4.69, 9.17) is 5.26 Å². The van der Waals surface area contributed by atoms with Crippen molar-refractivity contribution >= 4 is 15.9 Å². The number of nitriles is 1. The van der Waals surface area contributed by atoms with Crippen LogP contribution in [0.3, 0.4) is 0 Å². The normalized spacial score (nSPS) is 11.0. The van der Waals surface area contributed by atoms with Crippen LogP contribution >= 0.6 is 15.9 Å². The van der Waals surface area contributed by atoms with E-state index in [2.05, 4.69) is 27.3 Å². The first-order valence-corrected chi connectivity index (χ1v) is 5.23. The Morgan fingerprint density at radius 1 is 1.36 bits per heavy atom. The van der Waals surface area contributed by atoms with Crippen molar-refractivity contribution in [1.82, 2.24) is 5.32 Å². The van der Waals surface area contributed by atoms with Crippen LogP contribution in [-0.4, -0.2) is 5.54 Å². The molecular weight excluding hydrogens is 240 g/mol. The lowest BCUT2D eigenvalue weighted by atomic mass is 10.1. The molecule has 1 aromatic rings. The van der Waals surface area contributed by atoms with E-state index in [9.17, 15) is 0 Å². The van der Waals surface area contributed by atoms with Crippen molar-refractivity contribution in [3.63, 3.8) is 0 Å². The van der Waals surface area contributed by atoms with Gasteiger partial charge in [-0.1, -0.05) is 28.1 Å². The van der Waals surface area contributed by atoms with Crippen LogP contribution in [0.25, 0.3) is 0 Å². The molecule has 0 unspecified atom stereocenters. The molecule has 3 heteroatoms. The Morgan fingerprint density at radius 2 is 1.93 bits per heavy atom. The van der Waals surface area contributed by atoms with Gasteiger partial charge in [-0.05, 0) is 31.5 Å². The average molecular weight is 253 g/mol. The molecule has 1 aromatic carbocycles. The van der Waals surface area contributed by atoms with Gasteiger partial charge in [0.05, 0.1) is 6.07 Å². The predicted molar refractivity (Wildman–Crippen MR) is 60.7 cm³/mol. The molecule has 1 rings (SSSR count). The zero-order valence-corrected chi connectivity index (χ0v) is 9.93. The Labute approximate surface area is 93.1 Å². The zero-order chi connectivity index (χ0) is 10.6. The number of hydrogen-bond acceptors (Lipinski definition) is 2. The van der Waals surface area contributed by atoms with Gasteiger partial charge in [-0.25, -0.2) is 0 Å². The molecule has 0 fully saturated rings. The third kappa shape index (κ3) is 3.49. The molecule has 2 nitrogen and oxygen atoms in total. The second-order valence-electron chi connectivity index (χ2n) is 3.72. The molecule has 0 spiro atoms. The number of rotatable bonds is 3. The summed E-state index contributed by atoms with van der Waals surface area (Å²) in [6.45, 7) is 4.45. The lowest BCUT2D eigenvalue weighted by Gasteiger charge is -2.17. The largest absolute Gasteiger partial charge is 0.296 e. The standard InChI is InChI=1S/C11H13BrN2/c1-11(2,8-13)14-7-9-3-5-10(12)6-4-9/h3-6,14H,7H2,1-2H3. The third-order valence-electron chi connectivity index (χ3n) is 1.93. The highest BCUT2D eigenvalue weighted by Crippen LogP contribution is 2.11. The van der Waals surface area contributed by atoms with Gasteiger partial charge in [-0.3, -0.25) is 5.32 Å². The number of benzene rings is 1. The molecule has 0 aliphatic rings. The van der Waals surface area contributed by atoms with Crippen LogP contribution in [0.2, 0.25) is 0 Å². The van der Waals surface area contributed by atoms with E-state index in [0.717, 1.165) is 4.47 Å². The molecule has 1 N–H and O–H groups in total. The summed E-state index contributed by atoms with van der Waals surface area (Å²) < 4.78 is 1.07. The van der Waals surface area contributed by atoms with Crippen molar-refractivity contribution in [2.24, 2.45) is 0 Å². The topological polar surface area (TPSA) is 35.8 Å². The summed E-state index contributed by atoms with van der Waals surface area (Å²) in [5.41, 5.74) is 0.712. The second kappa shape index (κ2) is 4.59. The molecule has 0 saturated carbocycles. The monoisotopic (exact) mass is 252 g/mol. The molecule has 0 atom stereocenters. The minimum atomic E-state index is -0.465. The lowest BCUT2D eigenvalue weighted by molar-refractivity contribution is 0.485. The fraction of sp³-hybridized carbons (Fsp3) is 0.364. The molecule has 0 heterocycles. The van der Waals surface area contributed by atoms with Crippen LogP contribution in [0.4, 0.5) is 0 Å². The molecule has 0 saturated heterocycles. The molecule has 0 bridgehead atoms. The van der Waals surface area contributed by atoms with E-state index in [1.54, 1.807) is 0 Å². The SMILES string of the molecule is CC(C)(C#N)NCc1ccc(Br)cc1. The van der Waals surface area contributed by atoms with Gasteiger partial charge in [0.2, 0.25) is 0 Å². The summed E-state index contributed by atoms with van der Waals surface area (Å²) in [4.78, 5) is 0. The Balaban J connectivity index is 2.55. The van der Waals surface area contributed by atoms with Gasteiger partial charge in [-0.15, -0.1) is 0 Å². The fourth-order valence-corrected chi connectivity index (χ4v) is 1.23. The summed E-state index contributed by atoms with van der Waals surface area (Å²) in [6.07, 6.45) is 0. The smallest absolute Gasteiger partial charge is 0.101 e. The second-order valence-corrected chi connectivity index (χ2v) is 4.63. The summed E-state index contributed by atoms with van der Waals surface area (Å²) in [5, 5.41) is 12.0. The maximum Gasteiger partial charge on any atom is 0.101 e. The van der Waals surface area contributed by atoms with Gasteiger partial charge >= 0.3 is 0 Å². The molecular formula is C11H13BrN2. The molecule has 0 amide bonds. The highest BCUT2D eigenvalue weighted by atomic mass is 79.9. The maximum absolute atomic E-state index is 8.80. The number of nitrogens with zero attached hydrogens (tertiary/aromatic N) is 1. The van der Waals surface area contributed by atoms with Crippen molar-refractivity contribution in [3.8, 4) is 6.07 Å². The van der Waals surface area contributed by atoms with Crippen molar-refractivity contribution in [1.29, 1.82) is 5.26 Å². The molecule has 0 radical (unpaired) electrons. The highest BCUT2D eigenvalue weighted by molar-refractivity contribution is 9.10.